The number of carbonyl (C=O) groups is 2. The van der Waals surface area contributed by atoms with E-state index in [0.717, 1.165) is 5.56 Å². The van der Waals surface area contributed by atoms with Gasteiger partial charge < -0.3 is 18.9 Å². The lowest BCUT2D eigenvalue weighted by Gasteiger charge is -2.10. The number of nitrogens with zero attached hydrogens (tertiary/aromatic N) is 2. The Kier molecular flexibility index (Phi) is 8.90. The largest absolute Gasteiger partial charge is 0.493 e. The van der Waals surface area contributed by atoms with Gasteiger partial charge in [0.15, 0.2) is 18.1 Å². The second-order valence-corrected chi connectivity index (χ2v) is 6.36. The summed E-state index contributed by atoms with van der Waals surface area (Å²) in [5.41, 5.74) is 4.19. The van der Waals surface area contributed by atoms with Crippen LogP contribution in [0.2, 0.25) is 0 Å². The van der Waals surface area contributed by atoms with Gasteiger partial charge >= 0.3 is 11.9 Å². The molecule has 2 aromatic rings. The van der Waals surface area contributed by atoms with Crippen LogP contribution in [-0.4, -0.2) is 50.1 Å². The Morgan fingerprint density at radius 1 is 1.17 bits per heavy atom. The second kappa shape index (κ2) is 11.6. The predicted molar refractivity (Wildman–Crippen MR) is 109 cm³/mol. The molecule has 0 aliphatic carbocycles. The minimum Gasteiger partial charge on any atom is -0.493 e. The molecular weight excluding hydrogens is 398 g/mol. The fourth-order valence-corrected chi connectivity index (χ4v) is 2.84. The molecular formula is C19H23N3O6S. The lowest BCUT2D eigenvalue weighted by molar-refractivity contribution is -0.145. The standard InChI is InChI=1S/C19H23N3O6S/c1-4-26-17(23)9-14-12-29-19(21-14)22-20-10-13-6-7-15(16(8-13)25-3)28-11-18(24)27-5-2/h6-8,10,12H,4-5,9,11H2,1-3H3,(H,21,22). The molecule has 0 radical (unpaired) electrons. The molecule has 0 amide bonds. The fourth-order valence-electron chi connectivity index (χ4n) is 2.18. The van der Waals surface area contributed by atoms with Gasteiger partial charge in [0.05, 0.1) is 38.7 Å². The highest BCUT2D eigenvalue weighted by atomic mass is 32.1. The van der Waals surface area contributed by atoms with Crippen molar-refractivity contribution >= 4 is 34.6 Å². The molecule has 0 atom stereocenters. The molecule has 0 aliphatic heterocycles. The third kappa shape index (κ3) is 7.41. The molecule has 1 N–H and O–H groups in total. The number of anilines is 1. The first-order valence-electron chi connectivity index (χ1n) is 8.91. The van der Waals surface area contributed by atoms with E-state index in [2.05, 4.69) is 15.5 Å². The quantitative estimate of drug-likeness (QED) is 0.335. The van der Waals surface area contributed by atoms with Gasteiger partial charge in [-0.15, -0.1) is 11.3 Å². The Labute approximate surface area is 172 Å². The van der Waals surface area contributed by atoms with Crippen LogP contribution in [0.4, 0.5) is 5.13 Å². The summed E-state index contributed by atoms with van der Waals surface area (Å²) in [7, 11) is 1.51. The number of ether oxygens (including phenoxy) is 4. The summed E-state index contributed by atoms with van der Waals surface area (Å²) in [6, 6.07) is 5.17. The Hall–Kier alpha value is -3.14. The molecule has 1 aromatic carbocycles. The van der Waals surface area contributed by atoms with E-state index in [-0.39, 0.29) is 19.0 Å². The molecule has 0 bridgehead atoms. The van der Waals surface area contributed by atoms with E-state index >= 15 is 0 Å². The predicted octanol–water partition coefficient (Wildman–Crippen LogP) is 2.65. The topological polar surface area (TPSA) is 108 Å². The van der Waals surface area contributed by atoms with Gasteiger partial charge in [-0.3, -0.25) is 10.2 Å². The van der Waals surface area contributed by atoms with Crippen LogP contribution in [0.5, 0.6) is 11.5 Å². The first-order chi connectivity index (χ1) is 14.0. The number of carbonyl (C=O) groups excluding carboxylic acids is 2. The molecule has 1 aromatic heterocycles. The van der Waals surface area contributed by atoms with Crippen LogP contribution in [0.25, 0.3) is 0 Å². The van der Waals surface area contributed by atoms with Crippen LogP contribution >= 0.6 is 11.3 Å². The zero-order valence-corrected chi connectivity index (χ0v) is 17.3. The summed E-state index contributed by atoms with van der Waals surface area (Å²) >= 11 is 1.34. The number of aromatic nitrogens is 1. The van der Waals surface area contributed by atoms with Gasteiger partial charge in [-0.05, 0) is 37.6 Å². The number of hydrogen-bond acceptors (Lipinski definition) is 10. The summed E-state index contributed by atoms with van der Waals surface area (Å²) in [6.07, 6.45) is 1.71. The van der Waals surface area contributed by atoms with Crippen LogP contribution in [-0.2, 0) is 25.5 Å². The number of esters is 2. The summed E-state index contributed by atoms with van der Waals surface area (Å²) in [4.78, 5) is 27.1. The van der Waals surface area contributed by atoms with E-state index in [1.54, 1.807) is 43.6 Å². The van der Waals surface area contributed by atoms with Crippen molar-refractivity contribution in [1.29, 1.82) is 0 Å². The van der Waals surface area contributed by atoms with Gasteiger partial charge in [0.2, 0.25) is 5.13 Å². The molecule has 0 spiro atoms. The highest BCUT2D eigenvalue weighted by Crippen LogP contribution is 2.27. The number of methoxy groups -OCH3 is 1. The lowest BCUT2D eigenvalue weighted by Crippen LogP contribution is -2.14. The van der Waals surface area contributed by atoms with Crippen molar-refractivity contribution in [2.24, 2.45) is 5.10 Å². The molecule has 0 unspecified atom stereocenters. The Morgan fingerprint density at radius 2 is 1.93 bits per heavy atom. The maximum absolute atomic E-state index is 11.5. The number of hydrazone groups is 1. The average molecular weight is 421 g/mol. The van der Waals surface area contributed by atoms with Crippen LogP contribution < -0.4 is 14.9 Å². The highest BCUT2D eigenvalue weighted by Gasteiger charge is 2.09. The minimum absolute atomic E-state index is 0.125. The summed E-state index contributed by atoms with van der Waals surface area (Å²) in [5, 5.41) is 6.46. The maximum atomic E-state index is 11.5. The Bertz CT molecular complexity index is 852. The van der Waals surface area contributed by atoms with Gasteiger partial charge in [-0.25, -0.2) is 9.78 Å². The zero-order valence-electron chi connectivity index (χ0n) is 16.5. The van der Waals surface area contributed by atoms with E-state index in [4.69, 9.17) is 18.9 Å². The van der Waals surface area contributed by atoms with Gasteiger partial charge in [0.1, 0.15) is 0 Å². The zero-order chi connectivity index (χ0) is 21.1. The third-order valence-corrected chi connectivity index (χ3v) is 4.19. The minimum atomic E-state index is -0.449. The maximum Gasteiger partial charge on any atom is 0.344 e. The van der Waals surface area contributed by atoms with Crippen molar-refractivity contribution in [2.75, 3.05) is 32.4 Å². The summed E-state index contributed by atoms with van der Waals surface area (Å²) in [6.45, 7) is 3.93. The van der Waals surface area contributed by atoms with Crippen molar-refractivity contribution in [2.45, 2.75) is 20.3 Å². The van der Waals surface area contributed by atoms with Crippen molar-refractivity contribution in [3.05, 3.63) is 34.8 Å². The van der Waals surface area contributed by atoms with Crippen molar-refractivity contribution in [3.8, 4) is 11.5 Å². The van der Waals surface area contributed by atoms with Gasteiger partial charge in [0, 0.05) is 5.38 Å². The average Bonchev–Trinajstić information content (AvgIpc) is 3.14. The summed E-state index contributed by atoms with van der Waals surface area (Å²) in [5.74, 6) is 0.124. The lowest BCUT2D eigenvalue weighted by atomic mass is 10.2. The van der Waals surface area contributed by atoms with Gasteiger partial charge in [-0.1, -0.05) is 0 Å². The number of hydrogen-bond donors (Lipinski definition) is 1. The van der Waals surface area contributed by atoms with Crippen molar-refractivity contribution in [1.82, 2.24) is 4.98 Å². The smallest absolute Gasteiger partial charge is 0.344 e. The Morgan fingerprint density at radius 3 is 2.66 bits per heavy atom. The van der Waals surface area contributed by atoms with Crippen LogP contribution in [0.15, 0.2) is 28.7 Å². The molecule has 0 saturated carbocycles. The molecule has 0 aliphatic rings. The molecule has 1 heterocycles. The second-order valence-electron chi connectivity index (χ2n) is 5.50. The first kappa shape index (κ1) is 22.2. The molecule has 9 nitrogen and oxygen atoms in total. The van der Waals surface area contributed by atoms with Crippen LogP contribution in [0.3, 0.4) is 0 Å². The normalized spacial score (nSPS) is 10.6. The number of rotatable bonds is 11. The van der Waals surface area contributed by atoms with Crippen molar-refractivity contribution in [3.63, 3.8) is 0 Å². The number of benzene rings is 1. The van der Waals surface area contributed by atoms with Crippen LogP contribution in [0, 0.1) is 0 Å². The van der Waals surface area contributed by atoms with E-state index < -0.39 is 5.97 Å². The van der Waals surface area contributed by atoms with Crippen molar-refractivity contribution < 1.29 is 28.5 Å². The van der Waals surface area contributed by atoms with Gasteiger partial charge in [0.25, 0.3) is 0 Å². The number of nitrogens with one attached hydrogen (secondary N) is 1. The van der Waals surface area contributed by atoms with Crippen LogP contribution in [0.1, 0.15) is 25.1 Å². The monoisotopic (exact) mass is 421 g/mol. The SMILES string of the molecule is CCOC(=O)COc1ccc(C=NNc2nc(CC(=O)OCC)cs2)cc1OC. The fraction of sp³-hybridized carbons (Fsp3) is 0.368. The molecule has 0 fully saturated rings. The third-order valence-electron chi connectivity index (χ3n) is 3.39. The first-order valence-corrected chi connectivity index (χ1v) is 9.79. The molecule has 10 heteroatoms. The van der Waals surface area contributed by atoms with Gasteiger partial charge in [-0.2, -0.15) is 5.10 Å². The van der Waals surface area contributed by atoms with E-state index in [0.29, 0.717) is 35.5 Å². The van der Waals surface area contributed by atoms with E-state index in [9.17, 15) is 9.59 Å². The number of thiazole rings is 1. The van der Waals surface area contributed by atoms with E-state index in [1.807, 2.05) is 0 Å². The molecule has 156 valence electrons. The highest BCUT2D eigenvalue weighted by molar-refractivity contribution is 7.13. The van der Waals surface area contributed by atoms with E-state index in [1.165, 1.54) is 18.4 Å². The Balaban J connectivity index is 1.92. The molecule has 29 heavy (non-hydrogen) atoms. The molecule has 0 saturated heterocycles. The summed E-state index contributed by atoms with van der Waals surface area (Å²) < 4.78 is 20.4. The molecule has 2 rings (SSSR count).